The van der Waals surface area contributed by atoms with Gasteiger partial charge in [-0.1, -0.05) is 12.1 Å². The van der Waals surface area contributed by atoms with E-state index in [-0.39, 0.29) is 48.4 Å². The first-order chi connectivity index (χ1) is 22.5. The summed E-state index contributed by atoms with van der Waals surface area (Å²) in [6, 6.07) is 9.89. The number of halogens is 1. The minimum atomic E-state index is -1.19. The Balaban J connectivity index is 1.34. The van der Waals surface area contributed by atoms with E-state index in [1.807, 2.05) is 24.5 Å². The third-order valence-corrected chi connectivity index (χ3v) is 7.97. The lowest BCUT2D eigenvalue weighted by atomic mass is 10.1. The molecule has 1 saturated heterocycles. The number of nitrogen functional groups attached to an aromatic ring is 1. The quantitative estimate of drug-likeness (QED) is 0.232. The zero-order valence-corrected chi connectivity index (χ0v) is 26.6. The van der Waals surface area contributed by atoms with E-state index in [9.17, 15) is 14.3 Å². The predicted molar refractivity (Wildman–Crippen MR) is 173 cm³/mol. The topological polar surface area (TPSA) is 162 Å². The van der Waals surface area contributed by atoms with Gasteiger partial charge in [-0.3, -0.25) is 14.3 Å². The summed E-state index contributed by atoms with van der Waals surface area (Å²) in [5, 5.41) is 15.5. The highest BCUT2D eigenvalue weighted by Gasteiger charge is 2.31. The fraction of sp³-hybridized carbons (Fsp3) is 0.424. The van der Waals surface area contributed by atoms with Gasteiger partial charge in [-0.2, -0.15) is 4.99 Å². The summed E-state index contributed by atoms with van der Waals surface area (Å²) in [5.74, 6) is 0.603. The molecule has 1 unspecified atom stereocenters. The number of hydrogen-bond acceptors (Lipinski definition) is 11. The second kappa shape index (κ2) is 13.6. The maximum atomic E-state index is 13.5. The van der Waals surface area contributed by atoms with Crippen molar-refractivity contribution in [1.29, 1.82) is 0 Å². The molecule has 14 heteroatoms. The number of morpholine rings is 1. The van der Waals surface area contributed by atoms with E-state index in [0.29, 0.717) is 56.2 Å². The lowest BCUT2D eigenvalue weighted by Crippen LogP contribution is -2.52. The molecule has 3 atom stereocenters. The number of β-amino-alcohol motifs (C(OH)–C–C–N with tert-alkyl or cyclic N) is 1. The van der Waals surface area contributed by atoms with Crippen molar-refractivity contribution in [2.24, 2.45) is 4.99 Å². The number of carbonyl (C=O) groups excluding carboxylic acids is 1. The molecule has 0 spiro atoms. The molecule has 47 heavy (non-hydrogen) atoms. The van der Waals surface area contributed by atoms with Crippen molar-refractivity contribution in [1.82, 2.24) is 24.4 Å². The van der Waals surface area contributed by atoms with Crippen LogP contribution in [0.1, 0.15) is 36.7 Å². The highest BCUT2D eigenvalue weighted by Crippen LogP contribution is 2.38. The van der Waals surface area contributed by atoms with Crippen molar-refractivity contribution in [3.05, 3.63) is 71.4 Å². The zero-order chi connectivity index (χ0) is 33.1. The Labute approximate surface area is 271 Å². The lowest BCUT2D eigenvalue weighted by molar-refractivity contribution is -0.0952. The number of benzene rings is 2. The number of nitrogens with one attached hydrogen (secondary N) is 1. The number of aromatic nitrogens is 4. The number of nitrogens with zero attached hydrogens (tertiary/aromatic N) is 6. The van der Waals surface area contributed by atoms with E-state index < -0.39 is 11.5 Å². The summed E-state index contributed by atoms with van der Waals surface area (Å²) in [7, 11) is 0. The molecular weight excluding hydrogens is 607 g/mol. The van der Waals surface area contributed by atoms with Crippen LogP contribution >= 0.6 is 0 Å². The van der Waals surface area contributed by atoms with Crippen LogP contribution in [0.2, 0.25) is 0 Å². The van der Waals surface area contributed by atoms with Gasteiger partial charge >= 0.3 is 0 Å². The Morgan fingerprint density at radius 2 is 1.87 bits per heavy atom. The van der Waals surface area contributed by atoms with Gasteiger partial charge in [0.15, 0.2) is 11.5 Å². The summed E-state index contributed by atoms with van der Waals surface area (Å²) in [5.41, 5.74) is 6.06. The van der Waals surface area contributed by atoms with Crippen molar-refractivity contribution in [3.8, 4) is 11.5 Å². The largest absolute Gasteiger partial charge is 0.487 e. The zero-order valence-electron chi connectivity index (χ0n) is 26.6. The predicted octanol–water partition coefficient (Wildman–Crippen LogP) is 2.57. The van der Waals surface area contributed by atoms with Gasteiger partial charge in [0.05, 0.1) is 24.4 Å². The molecular formula is C33H39FN8O5. The van der Waals surface area contributed by atoms with Gasteiger partial charge in [-0.25, -0.2) is 19.3 Å². The standard InChI is InChI=1S/C33H39FN8O5/c1-20-16-41(17-21(2)47-20)18-33(3,44)19-46-26-9-8-25-27(28(26)45-13-10-22-4-6-24(34)7-5-22)39-32(42-12-11-36-29(25)42)40-30(43)23-14-37-31(35)38-15-23/h4-9,14-15,20-21,36,44H,10-13,16-19H2,1-3H3,(H2,35,37,38)/t20-,21+,33?. The minimum absolute atomic E-state index is 0.0161. The summed E-state index contributed by atoms with van der Waals surface area (Å²) in [6.45, 7) is 8.97. The maximum Gasteiger partial charge on any atom is 0.283 e. The molecule has 0 radical (unpaired) electrons. The number of amides is 1. The third kappa shape index (κ3) is 7.67. The molecule has 4 heterocycles. The van der Waals surface area contributed by atoms with Crippen LogP contribution in [0.15, 0.2) is 53.8 Å². The maximum absolute atomic E-state index is 13.5. The summed E-state index contributed by atoms with van der Waals surface area (Å²) in [6.07, 6.45) is 3.26. The summed E-state index contributed by atoms with van der Waals surface area (Å²) in [4.78, 5) is 32.2. The Morgan fingerprint density at radius 3 is 2.60 bits per heavy atom. The molecule has 2 aliphatic rings. The van der Waals surface area contributed by atoms with Gasteiger partial charge in [0.1, 0.15) is 29.4 Å². The van der Waals surface area contributed by atoms with Gasteiger partial charge in [0.25, 0.3) is 5.91 Å². The Bertz CT molecular complexity index is 1800. The lowest BCUT2D eigenvalue weighted by Gasteiger charge is -2.38. The molecule has 1 amide bonds. The average molecular weight is 647 g/mol. The Morgan fingerprint density at radius 1 is 1.15 bits per heavy atom. The second-order valence-corrected chi connectivity index (χ2v) is 12.3. The van der Waals surface area contributed by atoms with Gasteiger partial charge < -0.3 is 30.4 Å². The van der Waals surface area contributed by atoms with Crippen molar-refractivity contribution in [3.63, 3.8) is 0 Å². The van der Waals surface area contributed by atoms with E-state index in [1.165, 1.54) is 24.5 Å². The number of rotatable bonds is 10. The van der Waals surface area contributed by atoms with Gasteiger partial charge in [-0.05, 0) is 50.6 Å². The van der Waals surface area contributed by atoms with E-state index in [4.69, 9.17) is 24.9 Å². The van der Waals surface area contributed by atoms with Crippen molar-refractivity contribution in [2.75, 3.05) is 50.4 Å². The molecule has 6 rings (SSSR count). The molecule has 0 saturated carbocycles. The number of nitrogens with two attached hydrogens (primary N) is 1. The summed E-state index contributed by atoms with van der Waals surface area (Å²) < 4.78 is 33.8. The highest BCUT2D eigenvalue weighted by molar-refractivity contribution is 5.96. The number of carbonyl (C=O) groups is 1. The van der Waals surface area contributed by atoms with Crippen LogP contribution in [0.5, 0.6) is 11.5 Å². The third-order valence-electron chi connectivity index (χ3n) is 7.97. The van der Waals surface area contributed by atoms with Crippen molar-refractivity contribution in [2.45, 2.75) is 51.5 Å². The Kier molecular flexibility index (Phi) is 9.34. The number of anilines is 2. The SMILES string of the molecule is C[C@@H]1CN(CC(C)(O)COc2ccc3c4n(c(=NC(=O)c5cnc(N)nc5)nc3c2OCCc2ccc(F)cc2)CCN4)C[C@H](C)O1. The first-order valence-corrected chi connectivity index (χ1v) is 15.6. The fourth-order valence-electron chi connectivity index (χ4n) is 5.99. The number of ether oxygens (including phenoxy) is 3. The Hall–Kier alpha value is -4.66. The first-order valence-electron chi connectivity index (χ1n) is 15.6. The second-order valence-electron chi connectivity index (χ2n) is 12.3. The first kappa shape index (κ1) is 32.3. The van der Waals surface area contributed by atoms with Crippen LogP contribution in [0, 0.1) is 5.82 Å². The average Bonchev–Trinajstić information content (AvgIpc) is 3.52. The van der Waals surface area contributed by atoms with Crippen LogP contribution in [-0.2, 0) is 17.7 Å². The molecule has 4 N–H and O–H groups in total. The van der Waals surface area contributed by atoms with Gasteiger partial charge in [0.2, 0.25) is 11.6 Å². The van der Waals surface area contributed by atoms with Gasteiger partial charge in [0, 0.05) is 56.9 Å². The molecule has 13 nitrogen and oxygen atoms in total. The van der Waals surface area contributed by atoms with E-state index in [0.717, 1.165) is 16.8 Å². The number of aliphatic hydroxyl groups is 1. The molecule has 0 bridgehead atoms. The van der Waals surface area contributed by atoms with Crippen LogP contribution in [0.4, 0.5) is 16.2 Å². The number of fused-ring (bicyclic) bond motifs is 3. The molecule has 2 aliphatic heterocycles. The molecule has 1 fully saturated rings. The van der Waals surface area contributed by atoms with Crippen LogP contribution in [0.3, 0.4) is 0 Å². The van der Waals surface area contributed by atoms with Crippen molar-refractivity contribution < 1.29 is 28.5 Å². The minimum Gasteiger partial charge on any atom is -0.487 e. The number of hydrogen-bond donors (Lipinski definition) is 3. The van der Waals surface area contributed by atoms with Crippen LogP contribution < -0.4 is 26.1 Å². The molecule has 2 aromatic heterocycles. The molecule has 4 aromatic rings. The molecule has 0 aliphatic carbocycles. The van der Waals surface area contributed by atoms with E-state index in [2.05, 4.69) is 25.2 Å². The van der Waals surface area contributed by atoms with E-state index >= 15 is 0 Å². The van der Waals surface area contributed by atoms with Crippen LogP contribution in [0.25, 0.3) is 10.9 Å². The van der Waals surface area contributed by atoms with Gasteiger partial charge in [-0.15, -0.1) is 0 Å². The van der Waals surface area contributed by atoms with Crippen LogP contribution in [-0.4, -0.2) is 92.6 Å². The highest BCUT2D eigenvalue weighted by atomic mass is 19.1. The molecule has 2 aromatic carbocycles. The monoisotopic (exact) mass is 646 g/mol. The van der Waals surface area contributed by atoms with Crippen molar-refractivity contribution >= 4 is 28.6 Å². The molecule has 248 valence electrons. The normalized spacial score (nSPS) is 19.6. The fourth-order valence-corrected chi connectivity index (χ4v) is 5.99. The van der Waals surface area contributed by atoms with E-state index in [1.54, 1.807) is 25.1 Å². The smallest absolute Gasteiger partial charge is 0.283 e. The summed E-state index contributed by atoms with van der Waals surface area (Å²) >= 11 is 0.